The molecule has 1 heterocycles. The van der Waals surface area contributed by atoms with E-state index in [1.54, 1.807) is 6.07 Å². The van der Waals surface area contributed by atoms with E-state index in [1.807, 2.05) is 0 Å². The lowest BCUT2D eigenvalue weighted by molar-refractivity contribution is -0.177. The van der Waals surface area contributed by atoms with Crippen LogP contribution in [0.5, 0.6) is 0 Å². The van der Waals surface area contributed by atoms with E-state index in [1.165, 1.54) is 6.07 Å². The number of benzene rings is 1. The van der Waals surface area contributed by atoms with E-state index in [0.29, 0.717) is 21.1 Å². The van der Waals surface area contributed by atoms with Gasteiger partial charge in [-0.05, 0) is 12.1 Å². The van der Waals surface area contributed by atoms with Gasteiger partial charge in [-0.1, -0.05) is 23.2 Å². The highest BCUT2D eigenvalue weighted by Gasteiger charge is 2.27. The Hall–Kier alpha value is -0.980. The van der Waals surface area contributed by atoms with E-state index in [9.17, 15) is 13.2 Å². The van der Waals surface area contributed by atoms with E-state index in [2.05, 4.69) is 14.7 Å². The molecular weight excluding hydrogens is 292 g/mol. The molecule has 1 N–H and O–H groups in total. The van der Waals surface area contributed by atoms with Gasteiger partial charge in [0, 0.05) is 0 Å². The van der Waals surface area contributed by atoms with Crippen LogP contribution in [0, 0.1) is 0 Å². The molecule has 0 amide bonds. The van der Waals surface area contributed by atoms with Crippen molar-refractivity contribution >= 4 is 34.2 Å². The molecule has 98 valence electrons. The zero-order chi connectivity index (χ0) is 13.3. The molecule has 8 heteroatoms. The lowest BCUT2D eigenvalue weighted by Gasteiger charge is -2.05. The quantitative estimate of drug-likeness (QED) is 0.932. The Morgan fingerprint density at radius 3 is 2.56 bits per heavy atom. The molecule has 0 saturated carbocycles. The third kappa shape index (κ3) is 3.28. The number of nitrogens with one attached hydrogen (secondary N) is 1. The number of hydrogen-bond acceptors (Lipinski definition) is 2. The summed E-state index contributed by atoms with van der Waals surface area (Å²) in [7, 11) is 0. The molecule has 0 saturated heterocycles. The fourth-order valence-corrected chi connectivity index (χ4v) is 1.71. The molecule has 18 heavy (non-hydrogen) atoms. The number of imidazole rings is 1. The van der Waals surface area contributed by atoms with Gasteiger partial charge in [-0.15, -0.1) is 0 Å². The summed E-state index contributed by atoms with van der Waals surface area (Å²) in [5, 5.41) is 0.675. The maximum Gasteiger partial charge on any atom is 0.411 e. The van der Waals surface area contributed by atoms with Gasteiger partial charge in [0.15, 0.2) is 0 Å². The average Bonchev–Trinajstić information content (AvgIpc) is 2.58. The van der Waals surface area contributed by atoms with Crippen molar-refractivity contribution in [2.75, 3.05) is 6.61 Å². The van der Waals surface area contributed by atoms with Crippen molar-refractivity contribution in [2.45, 2.75) is 12.8 Å². The molecule has 0 unspecified atom stereocenters. The number of fused-ring (bicyclic) bond motifs is 1. The monoisotopic (exact) mass is 298 g/mol. The molecule has 2 rings (SSSR count). The predicted molar refractivity (Wildman–Crippen MR) is 61.8 cm³/mol. The highest BCUT2D eigenvalue weighted by atomic mass is 35.5. The van der Waals surface area contributed by atoms with E-state index >= 15 is 0 Å². The van der Waals surface area contributed by atoms with Crippen molar-refractivity contribution in [1.29, 1.82) is 0 Å². The number of ether oxygens (including phenoxy) is 1. The summed E-state index contributed by atoms with van der Waals surface area (Å²) in [6, 6.07) is 3.09. The van der Waals surface area contributed by atoms with Gasteiger partial charge in [0.25, 0.3) is 0 Å². The van der Waals surface area contributed by atoms with Crippen molar-refractivity contribution in [2.24, 2.45) is 0 Å². The summed E-state index contributed by atoms with van der Waals surface area (Å²) in [5.74, 6) is 0.285. The van der Waals surface area contributed by atoms with E-state index in [0.717, 1.165) is 0 Å². The Morgan fingerprint density at radius 2 is 1.89 bits per heavy atom. The van der Waals surface area contributed by atoms with E-state index in [-0.39, 0.29) is 12.4 Å². The van der Waals surface area contributed by atoms with Crippen LogP contribution in [0.3, 0.4) is 0 Å². The minimum atomic E-state index is -4.35. The second-order valence-corrected chi connectivity index (χ2v) is 4.39. The number of alkyl halides is 3. The first-order valence-electron chi connectivity index (χ1n) is 4.83. The summed E-state index contributed by atoms with van der Waals surface area (Å²) in [5.41, 5.74) is 1.12. The van der Waals surface area contributed by atoms with Crippen LogP contribution in [-0.2, 0) is 11.3 Å². The van der Waals surface area contributed by atoms with Gasteiger partial charge < -0.3 is 9.72 Å². The standard InChI is InChI=1S/C10H7Cl2F3N2O/c11-5-1-7-8(2-6(5)12)17-9(16-7)3-18-4-10(13,14)15/h1-2H,3-4H2,(H,16,17). The highest BCUT2D eigenvalue weighted by Crippen LogP contribution is 2.26. The molecule has 0 atom stereocenters. The minimum Gasteiger partial charge on any atom is -0.364 e. The number of nitrogens with zero attached hydrogens (tertiary/aromatic N) is 1. The molecular formula is C10H7Cl2F3N2O. The molecule has 0 bridgehead atoms. The third-order valence-corrected chi connectivity index (χ3v) is 2.80. The Kier molecular flexibility index (Phi) is 3.70. The van der Waals surface area contributed by atoms with Crippen molar-refractivity contribution in [3.63, 3.8) is 0 Å². The molecule has 2 aromatic rings. The predicted octanol–water partition coefficient (Wildman–Crippen LogP) is 3.95. The summed E-state index contributed by atoms with van der Waals surface area (Å²) in [4.78, 5) is 6.85. The van der Waals surface area contributed by atoms with Crippen LogP contribution in [0.2, 0.25) is 10.0 Å². The fourth-order valence-electron chi connectivity index (χ4n) is 1.39. The van der Waals surface area contributed by atoms with Crippen LogP contribution in [-0.4, -0.2) is 22.8 Å². The Bertz CT molecular complexity index is 529. The molecule has 0 aliphatic carbocycles. The second-order valence-electron chi connectivity index (χ2n) is 3.57. The Morgan fingerprint density at radius 1 is 1.22 bits per heavy atom. The van der Waals surface area contributed by atoms with Gasteiger partial charge in [0.2, 0.25) is 0 Å². The molecule has 1 aromatic carbocycles. The molecule has 3 nitrogen and oxygen atoms in total. The molecule has 0 radical (unpaired) electrons. The van der Waals surface area contributed by atoms with Crippen LogP contribution in [0.25, 0.3) is 11.0 Å². The van der Waals surface area contributed by atoms with Crippen LogP contribution >= 0.6 is 23.2 Å². The van der Waals surface area contributed by atoms with Gasteiger partial charge in [-0.3, -0.25) is 0 Å². The summed E-state index contributed by atoms with van der Waals surface area (Å²) >= 11 is 11.6. The molecule has 0 spiro atoms. The maximum absolute atomic E-state index is 11.9. The summed E-state index contributed by atoms with van der Waals surface area (Å²) in [6.45, 7) is -1.57. The third-order valence-electron chi connectivity index (χ3n) is 2.08. The second kappa shape index (κ2) is 4.95. The Labute approximate surface area is 110 Å². The van der Waals surface area contributed by atoms with Crippen LogP contribution in [0.4, 0.5) is 13.2 Å². The number of hydrogen-bond donors (Lipinski definition) is 1. The first-order chi connectivity index (χ1) is 8.35. The average molecular weight is 299 g/mol. The highest BCUT2D eigenvalue weighted by molar-refractivity contribution is 6.42. The SMILES string of the molecule is FC(F)(F)COCc1nc2cc(Cl)c(Cl)cc2[nH]1. The fraction of sp³-hybridized carbons (Fsp3) is 0.300. The Balaban J connectivity index is 2.11. The number of aromatic nitrogens is 2. The van der Waals surface area contributed by atoms with Gasteiger partial charge in [0.05, 0.1) is 21.1 Å². The lowest BCUT2D eigenvalue weighted by Crippen LogP contribution is -2.16. The molecule has 0 fully saturated rings. The number of H-pyrrole nitrogens is 1. The van der Waals surface area contributed by atoms with Crippen molar-refractivity contribution in [3.8, 4) is 0 Å². The number of aromatic amines is 1. The van der Waals surface area contributed by atoms with Gasteiger partial charge in [0.1, 0.15) is 19.0 Å². The van der Waals surface area contributed by atoms with Crippen molar-refractivity contribution in [3.05, 3.63) is 28.0 Å². The minimum absolute atomic E-state index is 0.260. The lowest BCUT2D eigenvalue weighted by atomic mass is 10.3. The van der Waals surface area contributed by atoms with Crippen LogP contribution < -0.4 is 0 Å². The maximum atomic E-state index is 11.9. The topological polar surface area (TPSA) is 37.9 Å². The van der Waals surface area contributed by atoms with Crippen molar-refractivity contribution < 1.29 is 17.9 Å². The first kappa shape index (κ1) is 13.5. The molecule has 0 aliphatic heterocycles. The molecule has 1 aromatic heterocycles. The number of rotatable bonds is 3. The largest absolute Gasteiger partial charge is 0.411 e. The van der Waals surface area contributed by atoms with Gasteiger partial charge in [-0.2, -0.15) is 13.2 Å². The van der Waals surface area contributed by atoms with Crippen molar-refractivity contribution in [1.82, 2.24) is 9.97 Å². The van der Waals surface area contributed by atoms with Gasteiger partial charge >= 0.3 is 6.18 Å². The zero-order valence-electron chi connectivity index (χ0n) is 8.81. The summed E-state index contributed by atoms with van der Waals surface area (Å²) < 4.78 is 40.1. The van der Waals surface area contributed by atoms with Crippen LogP contribution in [0.15, 0.2) is 12.1 Å². The zero-order valence-corrected chi connectivity index (χ0v) is 10.3. The smallest absolute Gasteiger partial charge is 0.364 e. The van der Waals surface area contributed by atoms with Crippen LogP contribution in [0.1, 0.15) is 5.82 Å². The first-order valence-corrected chi connectivity index (χ1v) is 5.59. The van der Waals surface area contributed by atoms with E-state index in [4.69, 9.17) is 23.2 Å². The van der Waals surface area contributed by atoms with E-state index < -0.39 is 12.8 Å². The number of halogens is 5. The van der Waals surface area contributed by atoms with Gasteiger partial charge in [-0.25, -0.2) is 4.98 Å². The summed E-state index contributed by atoms with van der Waals surface area (Å²) in [6.07, 6.45) is -4.35. The molecule has 0 aliphatic rings. The normalized spacial score (nSPS) is 12.3.